The van der Waals surface area contributed by atoms with Gasteiger partial charge in [-0.1, -0.05) is 6.07 Å². The number of halogens is 4. The average molecular weight is 307 g/mol. The van der Waals surface area contributed by atoms with Crippen molar-refractivity contribution in [1.29, 1.82) is 0 Å². The molecule has 2 unspecified atom stereocenters. The quantitative estimate of drug-likeness (QED) is 0.844. The number of hydrogen-bond acceptors (Lipinski definition) is 3. The minimum atomic E-state index is -4.75. The van der Waals surface area contributed by atoms with Gasteiger partial charge in [0.15, 0.2) is 0 Å². The predicted molar refractivity (Wildman–Crippen MR) is 67.9 cm³/mol. The summed E-state index contributed by atoms with van der Waals surface area (Å²) < 4.78 is 57.5. The molecule has 0 aromatic heterocycles. The van der Waals surface area contributed by atoms with E-state index in [0.29, 0.717) is 25.5 Å². The van der Waals surface area contributed by atoms with Crippen molar-refractivity contribution < 1.29 is 27.4 Å². The Morgan fingerprint density at radius 2 is 2.10 bits per heavy atom. The van der Waals surface area contributed by atoms with E-state index in [1.807, 2.05) is 0 Å². The summed E-state index contributed by atoms with van der Waals surface area (Å²) in [4.78, 5) is 0. The van der Waals surface area contributed by atoms with Crippen LogP contribution in [0.2, 0.25) is 0 Å². The zero-order chi connectivity index (χ0) is 15.7. The van der Waals surface area contributed by atoms with E-state index < -0.39 is 29.1 Å². The van der Waals surface area contributed by atoms with Gasteiger partial charge < -0.3 is 15.6 Å². The summed E-state index contributed by atoms with van der Waals surface area (Å²) in [7, 11) is 0. The zero-order valence-electron chi connectivity index (χ0n) is 11.3. The highest BCUT2D eigenvalue weighted by Gasteiger charge is 2.44. The van der Waals surface area contributed by atoms with Gasteiger partial charge in [0.05, 0.1) is 18.3 Å². The van der Waals surface area contributed by atoms with E-state index >= 15 is 0 Å². The molecule has 7 heteroatoms. The van der Waals surface area contributed by atoms with Gasteiger partial charge in [0.1, 0.15) is 5.82 Å². The first-order chi connectivity index (χ1) is 9.80. The molecule has 0 radical (unpaired) electrons. The Hall–Kier alpha value is -1.18. The second-order valence-electron chi connectivity index (χ2n) is 5.35. The summed E-state index contributed by atoms with van der Waals surface area (Å²) in [6, 6.07) is 2.27. The van der Waals surface area contributed by atoms with Crippen molar-refractivity contribution in [2.45, 2.75) is 25.1 Å². The number of rotatable bonds is 3. The van der Waals surface area contributed by atoms with Crippen LogP contribution in [-0.2, 0) is 10.9 Å². The van der Waals surface area contributed by atoms with E-state index in [1.165, 1.54) is 0 Å². The smallest absolute Gasteiger partial charge is 0.388 e. The van der Waals surface area contributed by atoms with E-state index in [-0.39, 0.29) is 18.7 Å². The fourth-order valence-corrected chi connectivity index (χ4v) is 2.70. The summed E-state index contributed by atoms with van der Waals surface area (Å²) >= 11 is 0. The van der Waals surface area contributed by atoms with Crippen LogP contribution in [0.4, 0.5) is 17.6 Å². The molecule has 0 amide bonds. The van der Waals surface area contributed by atoms with Gasteiger partial charge in [0, 0.05) is 18.6 Å². The first-order valence-corrected chi connectivity index (χ1v) is 6.63. The minimum absolute atomic E-state index is 0.0111. The normalized spacial score (nSPS) is 24.9. The Bertz CT molecular complexity index is 498. The third-order valence-corrected chi connectivity index (χ3v) is 3.95. The Balaban J connectivity index is 2.45. The number of ether oxygens (including phenoxy) is 1. The van der Waals surface area contributed by atoms with Crippen LogP contribution in [-0.4, -0.2) is 24.9 Å². The molecule has 1 aliphatic rings. The van der Waals surface area contributed by atoms with Gasteiger partial charge in [-0.05, 0) is 30.5 Å². The SMILES string of the molecule is NCC1(C(O)c2ccc(F)cc2C(F)(F)F)CCCOC1. The van der Waals surface area contributed by atoms with Crippen molar-refractivity contribution >= 4 is 0 Å². The summed E-state index contributed by atoms with van der Waals surface area (Å²) in [5.41, 5.74) is 3.16. The molecule has 0 saturated carbocycles. The Labute approximate surface area is 119 Å². The summed E-state index contributed by atoms with van der Waals surface area (Å²) in [6.45, 7) is 0.562. The Kier molecular flexibility index (Phi) is 4.55. The molecule has 1 aromatic carbocycles. The summed E-state index contributed by atoms with van der Waals surface area (Å²) in [6.07, 6.45) is -5.14. The highest BCUT2D eigenvalue weighted by Crippen LogP contribution is 2.44. The zero-order valence-corrected chi connectivity index (χ0v) is 11.3. The van der Waals surface area contributed by atoms with Crippen molar-refractivity contribution in [2.24, 2.45) is 11.1 Å². The molecule has 0 aliphatic carbocycles. The van der Waals surface area contributed by atoms with Crippen LogP contribution >= 0.6 is 0 Å². The van der Waals surface area contributed by atoms with Crippen molar-refractivity contribution in [3.05, 3.63) is 35.1 Å². The van der Waals surface area contributed by atoms with Crippen LogP contribution in [0.5, 0.6) is 0 Å². The topological polar surface area (TPSA) is 55.5 Å². The molecule has 2 atom stereocenters. The first kappa shape index (κ1) is 16.2. The fourth-order valence-electron chi connectivity index (χ4n) is 2.70. The molecule has 0 spiro atoms. The van der Waals surface area contributed by atoms with Gasteiger partial charge in [0.25, 0.3) is 0 Å². The van der Waals surface area contributed by atoms with Gasteiger partial charge in [-0.15, -0.1) is 0 Å². The van der Waals surface area contributed by atoms with Crippen LogP contribution in [0.3, 0.4) is 0 Å². The van der Waals surface area contributed by atoms with Gasteiger partial charge >= 0.3 is 6.18 Å². The molecule has 0 bridgehead atoms. The third kappa shape index (κ3) is 3.20. The number of alkyl halides is 3. The van der Waals surface area contributed by atoms with Crippen LogP contribution < -0.4 is 5.73 Å². The lowest BCUT2D eigenvalue weighted by Crippen LogP contribution is -2.44. The molecule has 1 aliphatic heterocycles. The van der Waals surface area contributed by atoms with Gasteiger partial charge in [-0.2, -0.15) is 13.2 Å². The largest absolute Gasteiger partial charge is 0.416 e. The average Bonchev–Trinajstić information content (AvgIpc) is 2.46. The molecular weight excluding hydrogens is 290 g/mol. The van der Waals surface area contributed by atoms with Crippen LogP contribution in [0.25, 0.3) is 0 Å². The monoisotopic (exact) mass is 307 g/mol. The van der Waals surface area contributed by atoms with E-state index in [1.54, 1.807) is 0 Å². The lowest BCUT2D eigenvalue weighted by Gasteiger charge is -2.40. The van der Waals surface area contributed by atoms with Crippen LogP contribution in [0.1, 0.15) is 30.1 Å². The van der Waals surface area contributed by atoms with Crippen molar-refractivity contribution in [3.8, 4) is 0 Å². The van der Waals surface area contributed by atoms with Crippen LogP contribution in [0, 0.1) is 11.2 Å². The molecule has 1 fully saturated rings. The second-order valence-corrected chi connectivity index (χ2v) is 5.35. The van der Waals surface area contributed by atoms with E-state index in [0.717, 1.165) is 12.1 Å². The summed E-state index contributed by atoms with van der Waals surface area (Å²) in [5.74, 6) is -1.00. The highest BCUT2D eigenvalue weighted by atomic mass is 19.4. The molecule has 3 nitrogen and oxygen atoms in total. The van der Waals surface area contributed by atoms with Crippen molar-refractivity contribution in [1.82, 2.24) is 0 Å². The molecule has 2 rings (SSSR count). The van der Waals surface area contributed by atoms with E-state index in [9.17, 15) is 22.7 Å². The van der Waals surface area contributed by atoms with Gasteiger partial charge in [-0.3, -0.25) is 0 Å². The number of hydrogen-bond donors (Lipinski definition) is 2. The van der Waals surface area contributed by atoms with Gasteiger partial charge in [-0.25, -0.2) is 4.39 Å². The van der Waals surface area contributed by atoms with Crippen molar-refractivity contribution in [3.63, 3.8) is 0 Å². The maximum Gasteiger partial charge on any atom is 0.416 e. The number of nitrogens with two attached hydrogens (primary N) is 1. The van der Waals surface area contributed by atoms with Crippen LogP contribution in [0.15, 0.2) is 18.2 Å². The predicted octanol–water partition coefficient (Wildman–Crippen LogP) is 2.63. The molecule has 1 saturated heterocycles. The maximum absolute atomic E-state index is 13.1. The standard InChI is InChI=1S/C14H17F4NO2/c15-9-2-3-10(11(6-9)14(16,17)18)12(20)13(7-19)4-1-5-21-8-13/h2-3,6,12,20H,1,4-5,7-8,19H2. The number of aliphatic hydroxyl groups excluding tert-OH is 1. The molecular formula is C14H17F4NO2. The maximum atomic E-state index is 13.1. The highest BCUT2D eigenvalue weighted by molar-refractivity contribution is 5.33. The molecule has 1 heterocycles. The molecule has 21 heavy (non-hydrogen) atoms. The lowest BCUT2D eigenvalue weighted by atomic mass is 9.74. The minimum Gasteiger partial charge on any atom is -0.388 e. The number of benzene rings is 1. The van der Waals surface area contributed by atoms with E-state index in [2.05, 4.69) is 0 Å². The molecule has 3 N–H and O–H groups in total. The second kappa shape index (κ2) is 5.90. The molecule has 1 aromatic rings. The first-order valence-electron chi connectivity index (χ1n) is 6.63. The molecule has 118 valence electrons. The third-order valence-electron chi connectivity index (χ3n) is 3.95. The Morgan fingerprint density at radius 3 is 2.62 bits per heavy atom. The fraction of sp³-hybridized carbons (Fsp3) is 0.571. The van der Waals surface area contributed by atoms with E-state index in [4.69, 9.17) is 10.5 Å². The number of aliphatic hydroxyl groups is 1. The summed E-state index contributed by atoms with van der Waals surface area (Å²) in [5, 5.41) is 10.4. The Morgan fingerprint density at radius 1 is 1.38 bits per heavy atom. The van der Waals surface area contributed by atoms with Crippen molar-refractivity contribution in [2.75, 3.05) is 19.8 Å². The lowest BCUT2D eigenvalue weighted by molar-refractivity contribution is -0.142. The van der Waals surface area contributed by atoms with Gasteiger partial charge in [0.2, 0.25) is 0 Å².